The number of aryl methyl sites for hydroxylation is 1. The molecule has 0 aliphatic carbocycles. The standard InChI is InChI=1S/C13H16N2/c1-9-3-4-13-11(5-9)6-12-8-14-7-10(2)15(12)13/h3-6,10,14H,7-8H2,1-2H3/t10-/m1/s1. The van der Waals surface area contributed by atoms with Crippen molar-refractivity contribution in [1.29, 1.82) is 0 Å². The summed E-state index contributed by atoms with van der Waals surface area (Å²) in [5.74, 6) is 0. The van der Waals surface area contributed by atoms with E-state index in [1.165, 1.54) is 22.2 Å². The van der Waals surface area contributed by atoms with E-state index in [2.05, 4.69) is 48.0 Å². The third-order valence-electron chi connectivity index (χ3n) is 3.26. The monoisotopic (exact) mass is 200 g/mol. The van der Waals surface area contributed by atoms with Crippen molar-refractivity contribution in [3.05, 3.63) is 35.5 Å². The zero-order valence-electron chi connectivity index (χ0n) is 9.25. The van der Waals surface area contributed by atoms with Gasteiger partial charge in [-0.1, -0.05) is 11.6 Å². The van der Waals surface area contributed by atoms with E-state index >= 15 is 0 Å². The van der Waals surface area contributed by atoms with Gasteiger partial charge in [0.25, 0.3) is 0 Å². The predicted molar refractivity (Wildman–Crippen MR) is 63.1 cm³/mol. The Morgan fingerprint density at radius 1 is 1.33 bits per heavy atom. The van der Waals surface area contributed by atoms with Gasteiger partial charge in [-0.05, 0) is 32.0 Å². The average molecular weight is 200 g/mol. The minimum Gasteiger partial charge on any atom is -0.339 e. The third kappa shape index (κ3) is 1.29. The van der Waals surface area contributed by atoms with Crippen LogP contribution in [0, 0.1) is 6.92 Å². The smallest absolute Gasteiger partial charge is 0.0486 e. The van der Waals surface area contributed by atoms with Gasteiger partial charge in [-0.25, -0.2) is 0 Å². The predicted octanol–water partition coefficient (Wildman–Crippen LogP) is 2.61. The molecule has 15 heavy (non-hydrogen) atoms. The lowest BCUT2D eigenvalue weighted by Crippen LogP contribution is -2.30. The number of benzene rings is 1. The van der Waals surface area contributed by atoms with Crippen molar-refractivity contribution in [2.24, 2.45) is 0 Å². The average Bonchev–Trinajstić information content (AvgIpc) is 2.56. The Hall–Kier alpha value is -1.28. The molecule has 0 unspecified atom stereocenters. The first-order valence-electron chi connectivity index (χ1n) is 5.57. The zero-order valence-corrected chi connectivity index (χ0v) is 9.25. The first-order valence-corrected chi connectivity index (χ1v) is 5.57. The fourth-order valence-corrected chi connectivity index (χ4v) is 2.57. The van der Waals surface area contributed by atoms with Gasteiger partial charge in [-0.15, -0.1) is 0 Å². The summed E-state index contributed by atoms with van der Waals surface area (Å²) < 4.78 is 2.46. The molecular weight excluding hydrogens is 184 g/mol. The van der Waals surface area contributed by atoms with E-state index in [4.69, 9.17) is 0 Å². The van der Waals surface area contributed by atoms with Gasteiger partial charge in [0.2, 0.25) is 0 Å². The van der Waals surface area contributed by atoms with Crippen molar-refractivity contribution in [2.45, 2.75) is 26.4 Å². The van der Waals surface area contributed by atoms with Crippen LogP contribution in [0.3, 0.4) is 0 Å². The molecule has 2 heterocycles. The van der Waals surface area contributed by atoms with Crippen molar-refractivity contribution in [1.82, 2.24) is 9.88 Å². The summed E-state index contributed by atoms with van der Waals surface area (Å²) in [6, 6.07) is 9.59. The van der Waals surface area contributed by atoms with E-state index < -0.39 is 0 Å². The highest BCUT2D eigenvalue weighted by Gasteiger charge is 2.17. The molecule has 78 valence electrons. The Morgan fingerprint density at radius 2 is 2.20 bits per heavy atom. The van der Waals surface area contributed by atoms with Crippen molar-refractivity contribution in [2.75, 3.05) is 6.54 Å². The fourth-order valence-electron chi connectivity index (χ4n) is 2.57. The summed E-state index contributed by atoms with van der Waals surface area (Å²) >= 11 is 0. The van der Waals surface area contributed by atoms with Crippen LogP contribution in [-0.4, -0.2) is 11.1 Å². The normalized spacial score (nSPS) is 20.5. The minimum absolute atomic E-state index is 0.564. The molecule has 1 aromatic carbocycles. The van der Waals surface area contributed by atoms with E-state index in [0.29, 0.717) is 6.04 Å². The van der Waals surface area contributed by atoms with Crippen molar-refractivity contribution in [3.63, 3.8) is 0 Å². The molecule has 1 atom stereocenters. The largest absolute Gasteiger partial charge is 0.339 e. The maximum atomic E-state index is 3.45. The van der Waals surface area contributed by atoms with E-state index in [9.17, 15) is 0 Å². The van der Waals surface area contributed by atoms with E-state index in [0.717, 1.165) is 13.1 Å². The maximum absolute atomic E-state index is 3.45. The molecule has 0 bridgehead atoms. The second-order valence-electron chi connectivity index (χ2n) is 4.55. The minimum atomic E-state index is 0.564. The number of nitrogens with one attached hydrogen (secondary N) is 1. The van der Waals surface area contributed by atoms with Gasteiger partial charge in [0.1, 0.15) is 0 Å². The lowest BCUT2D eigenvalue weighted by atomic mass is 10.2. The van der Waals surface area contributed by atoms with Gasteiger partial charge in [-0.2, -0.15) is 0 Å². The Bertz CT molecular complexity index is 510. The highest BCUT2D eigenvalue weighted by molar-refractivity contribution is 5.82. The Morgan fingerprint density at radius 3 is 3.07 bits per heavy atom. The quantitative estimate of drug-likeness (QED) is 0.691. The topological polar surface area (TPSA) is 17.0 Å². The van der Waals surface area contributed by atoms with Crippen molar-refractivity contribution >= 4 is 10.9 Å². The van der Waals surface area contributed by atoms with Crippen LogP contribution in [0.1, 0.15) is 24.2 Å². The first-order chi connectivity index (χ1) is 7.25. The number of rotatable bonds is 0. The molecule has 1 aromatic heterocycles. The van der Waals surface area contributed by atoms with Gasteiger partial charge in [0.05, 0.1) is 0 Å². The van der Waals surface area contributed by atoms with Crippen molar-refractivity contribution in [3.8, 4) is 0 Å². The second-order valence-corrected chi connectivity index (χ2v) is 4.55. The fraction of sp³-hybridized carbons (Fsp3) is 0.385. The van der Waals surface area contributed by atoms with Crippen LogP contribution in [0.15, 0.2) is 24.3 Å². The van der Waals surface area contributed by atoms with Crippen LogP contribution in [0.25, 0.3) is 10.9 Å². The summed E-state index contributed by atoms with van der Waals surface area (Å²) in [5, 5.41) is 4.82. The lowest BCUT2D eigenvalue weighted by molar-refractivity contribution is 0.439. The maximum Gasteiger partial charge on any atom is 0.0486 e. The molecule has 0 spiro atoms. The van der Waals surface area contributed by atoms with Gasteiger partial charge in [-0.3, -0.25) is 0 Å². The summed E-state index contributed by atoms with van der Waals surface area (Å²) in [7, 11) is 0. The molecule has 0 amide bonds. The number of fused-ring (bicyclic) bond motifs is 3. The summed E-state index contributed by atoms with van der Waals surface area (Å²) in [6.45, 7) is 6.50. The Labute approximate surface area is 89.9 Å². The Kier molecular flexibility index (Phi) is 1.86. The van der Waals surface area contributed by atoms with Crippen LogP contribution in [-0.2, 0) is 6.54 Å². The molecule has 0 saturated heterocycles. The van der Waals surface area contributed by atoms with E-state index in [1.54, 1.807) is 0 Å². The summed E-state index contributed by atoms with van der Waals surface area (Å²) in [5.41, 5.74) is 4.13. The molecule has 1 N–H and O–H groups in total. The number of aromatic nitrogens is 1. The molecular formula is C13H16N2. The second kappa shape index (κ2) is 3.11. The number of hydrogen-bond donors (Lipinski definition) is 1. The van der Waals surface area contributed by atoms with Crippen LogP contribution >= 0.6 is 0 Å². The molecule has 2 nitrogen and oxygen atoms in total. The van der Waals surface area contributed by atoms with Crippen LogP contribution in [0.4, 0.5) is 0 Å². The summed E-state index contributed by atoms with van der Waals surface area (Å²) in [6.07, 6.45) is 0. The molecule has 2 heteroatoms. The van der Waals surface area contributed by atoms with Gasteiger partial charge in [0.15, 0.2) is 0 Å². The molecule has 1 aliphatic heterocycles. The molecule has 3 rings (SSSR count). The van der Waals surface area contributed by atoms with Gasteiger partial charge in [0, 0.05) is 35.7 Å². The lowest BCUT2D eigenvalue weighted by Gasteiger charge is -2.24. The van der Waals surface area contributed by atoms with Gasteiger partial charge < -0.3 is 9.88 Å². The highest BCUT2D eigenvalue weighted by atomic mass is 15.1. The zero-order chi connectivity index (χ0) is 10.4. The highest BCUT2D eigenvalue weighted by Crippen LogP contribution is 2.26. The summed E-state index contributed by atoms with van der Waals surface area (Å²) in [4.78, 5) is 0. The first kappa shape index (κ1) is 8.98. The molecule has 0 fully saturated rings. The molecule has 0 saturated carbocycles. The van der Waals surface area contributed by atoms with Gasteiger partial charge >= 0.3 is 0 Å². The van der Waals surface area contributed by atoms with E-state index in [-0.39, 0.29) is 0 Å². The molecule has 1 aliphatic rings. The number of hydrogen-bond acceptors (Lipinski definition) is 1. The van der Waals surface area contributed by atoms with Crippen LogP contribution in [0.2, 0.25) is 0 Å². The molecule has 2 aromatic rings. The Balaban J connectivity index is 2.32. The number of nitrogens with zero attached hydrogens (tertiary/aromatic N) is 1. The van der Waals surface area contributed by atoms with Crippen molar-refractivity contribution < 1.29 is 0 Å². The van der Waals surface area contributed by atoms with Crippen LogP contribution < -0.4 is 5.32 Å². The molecule has 0 radical (unpaired) electrons. The van der Waals surface area contributed by atoms with Crippen LogP contribution in [0.5, 0.6) is 0 Å². The SMILES string of the molecule is Cc1ccc2c(c1)cc1n2[C@H](C)CNC1. The van der Waals surface area contributed by atoms with E-state index in [1.807, 2.05) is 0 Å². The third-order valence-corrected chi connectivity index (χ3v) is 3.26.